The molecule has 0 saturated carbocycles. The van der Waals surface area contributed by atoms with Gasteiger partial charge in [0.15, 0.2) is 5.96 Å². The van der Waals surface area contributed by atoms with Crippen LogP contribution in [0.5, 0.6) is 0 Å². The molecule has 3 rings (SSSR count). The quantitative estimate of drug-likeness (QED) is 0.149. The van der Waals surface area contributed by atoms with E-state index in [-0.39, 0.29) is 10.9 Å². The largest absolute Gasteiger partial charge is 0.490 e. The van der Waals surface area contributed by atoms with Crippen molar-refractivity contribution in [2.75, 3.05) is 6.54 Å². The van der Waals surface area contributed by atoms with Gasteiger partial charge in [0.1, 0.15) is 6.04 Å². The molecule has 0 saturated heterocycles. The number of carbonyl (C=O) groups excluding carboxylic acids is 1. The van der Waals surface area contributed by atoms with Gasteiger partial charge in [0, 0.05) is 11.4 Å². The molecule has 0 aliphatic rings. The van der Waals surface area contributed by atoms with E-state index < -0.39 is 46.6 Å². The van der Waals surface area contributed by atoms with Crippen molar-refractivity contribution in [1.82, 2.24) is 10.0 Å². The Labute approximate surface area is 248 Å². The molecule has 8 N–H and O–H groups in total. The third-order valence-electron chi connectivity index (χ3n) is 5.40. The molecule has 0 fully saturated rings. The Bertz CT molecular complexity index is 1630. The van der Waals surface area contributed by atoms with Crippen LogP contribution >= 0.6 is 11.3 Å². The molecule has 1 aromatic heterocycles. The number of hydrogen-bond acceptors (Lipinski definition) is 7. The lowest BCUT2D eigenvalue weighted by Gasteiger charge is -2.18. The number of sulfonamides is 1. The summed E-state index contributed by atoms with van der Waals surface area (Å²) in [6.07, 6.45) is -5.08. The Morgan fingerprint density at radius 1 is 1.00 bits per heavy atom. The molecule has 2 aromatic carbocycles. The minimum Gasteiger partial charge on any atom is -0.480 e. The van der Waals surface area contributed by atoms with E-state index in [0.717, 1.165) is 16.0 Å². The van der Waals surface area contributed by atoms with E-state index in [1.165, 1.54) is 11.3 Å². The summed E-state index contributed by atoms with van der Waals surface area (Å²) in [5, 5.41) is 19.2. The number of aliphatic carboxylic acids is 2. The number of thiophene rings is 1. The van der Waals surface area contributed by atoms with Gasteiger partial charge >= 0.3 is 18.1 Å². The van der Waals surface area contributed by atoms with Crippen molar-refractivity contribution in [1.29, 1.82) is 0 Å². The number of rotatable bonds is 9. The van der Waals surface area contributed by atoms with Crippen molar-refractivity contribution in [3.05, 3.63) is 70.1 Å². The van der Waals surface area contributed by atoms with E-state index in [1.807, 2.05) is 13.0 Å². The molecule has 0 aliphatic heterocycles. The van der Waals surface area contributed by atoms with Gasteiger partial charge < -0.3 is 27.0 Å². The smallest absolute Gasteiger partial charge is 0.480 e. The number of carbonyl (C=O) groups is 3. The highest BCUT2D eigenvalue weighted by Crippen LogP contribution is 2.30. The second kappa shape index (κ2) is 14.1. The number of hydrogen-bond donors (Lipinski definition) is 6. The van der Waals surface area contributed by atoms with Gasteiger partial charge in [0.25, 0.3) is 5.91 Å². The van der Waals surface area contributed by atoms with Crippen molar-refractivity contribution in [3.63, 3.8) is 0 Å². The average Bonchev–Trinajstić information content (AvgIpc) is 3.35. The number of benzene rings is 2. The van der Waals surface area contributed by atoms with Gasteiger partial charge in [-0.3, -0.25) is 9.59 Å². The van der Waals surface area contributed by atoms with Crippen molar-refractivity contribution < 1.29 is 46.2 Å². The maximum atomic E-state index is 13.0. The Balaban J connectivity index is 0.000000821. The van der Waals surface area contributed by atoms with Crippen LogP contribution < -0.4 is 21.5 Å². The van der Waals surface area contributed by atoms with Crippen LogP contribution in [0.2, 0.25) is 0 Å². The minimum absolute atomic E-state index is 0.0246. The highest BCUT2D eigenvalue weighted by molar-refractivity contribution is 7.89. The van der Waals surface area contributed by atoms with Crippen molar-refractivity contribution in [2.24, 2.45) is 16.5 Å². The normalized spacial score (nSPS) is 12.0. The second-order valence-electron chi connectivity index (χ2n) is 9.00. The first kappa shape index (κ1) is 34.7. The lowest BCUT2D eigenvalue weighted by Crippen LogP contribution is -2.48. The number of nitrogens with zero attached hydrogens (tertiary/aromatic N) is 1. The molecule has 0 unspecified atom stereocenters. The molecule has 0 spiro atoms. The van der Waals surface area contributed by atoms with Crippen LogP contribution in [0.4, 0.5) is 18.9 Å². The molecule has 1 amide bonds. The lowest BCUT2D eigenvalue weighted by molar-refractivity contribution is -0.192. The number of carboxylic acids is 2. The van der Waals surface area contributed by atoms with Crippen LogP contribution in [0, 0.1) is 20.8 Å². The number of nitrogens with two attached hydrogens (primary N) is 2. The molecule has 0 bridgehead atoms. The predicted octanol–water partition coefficient (Wildman–Crippen LogP) is 3.04. The molecule has 0 radical (unpaired) electrons. The van der Waals surface area contributed by atoms with E-state index in [4.69, 9.17) is 21.4 Å². The summed E-state index contributed by atoms with van der Waals surface area (Å²) in [6.45, 7) is 4.70. The van der Waals surface area contributed by atoms with Gasteiger partial charge in [-0.1, -0.05) is 29.8 Å². The fourth-order valence-corrected chi connectivity index (χ4v) is 6.35. The van der Waals surface area contributed by atoms with Crippen molar-refractivity contribution in [3.8, 4) is 10.4 Å². The SMILES string of the molecule is Cc1cc(C)c(S(=O)(=O)N[C@@H](CNC(=O)c2ccc(-c3cccc(N=C(N)N)c3)s2)C(=O)O)c(C)c1.O=C(O)C(F)(F)F. The molecular formula is C26H28F3N5O7S2. The van der Waals surface area contributed by atoms with Gasteiger partial charge in [-0.2, -0.15) is 17.9 Å². The number of halogens is 3. The summed E-state index contributed by atoms with van der Waals surface area (Å²) in [5.74, 6) is -4.77. The summed E-state index contributed by atoms with van der Waals surface area (Å²) in [4.78, 5) is 38.5. The minimum atomic E-state index is -5.08. The first-order valence-electron chi connectivity index (χ1n) is 12.0. The first-order chi connectivity index (χ1) is 19.8. The summed E-state index contributed by atoms with van der Waals surface area (Å²) in [7, 11) is -4.15. The van der Waals surface area contributed by atoms with E-state index >= 15 is 0 Å². The molecule has 1 atom stereocenters. The summed E-state index contributed by atoms with van der Waals surface area (Å²) >= 11 is 1.19. The Kier molecular flexibility index (Phi) is 11.4. The zero-order valence-electron chi connectivity index (χ0n) is 22.9. The number of nitrogens with one attached hydrogen (secondary N) is 2. The zero-order chi connectivity index (χ0) is 32.7. The van der Waals surface area contributed by atoms with E-state index in [0.29, 0.717) is 21.7 Å². The molecule has 12 nitrogen and oxygen atoms in total. The van der Waals surface area contributed by atoms with Gasteiger partial charge in [-0.15, -0.1) is 11.3 Å². The highest BCUT2D eigenvalue weighted by atomic mass is 32.2. The molecular weight excluding hydrogens is 615 g/mol. The Morgan fingerprint density at radius 2 is 1.58 bits per heavy atom. The molecule has 43 heavy (non-hydrogen) atoms. The van der Waals surface area contributed by atoms with Crippen molar-refractivity contribution in [2.45, 2.75) is 37.9 Å². The maximum Gasteiger partial charge on any atom is 0.490 e. The fourth-order valence-electron chi connectivity index (χ4n) is 3.79. The van der Waals surface area contributed by atoms with Crippen LogP contribution in [0.15, 0.2) is 58.4 Å². The van der Waals surface area contributed by atoms with Crippen LogP contribution in [-0.4, -0.2) is 61.2 Å². The van der Waals surface area contributed by atoms with Gasteiger partial charge in [-0.25, -0.2) is 18.2 Å². The van der Waals surface area contributed by atoms with Gasteiger partial charge in [0.2, 0.25) is 10.0 Å². The number of aryl methyl sites for hydroxylation is 3. The van der Waals surface area contributed by atoms with E-state index in [9.17, 15) is 36.3 Å². The monoisotopic (exact) mass is 643 g/mol. The highest BCUT2D eigenvalue weighted by Gasteiger charge is 2.38. The molecule has 232 valence electrons. The molecule has 17 heteroatoms. The number of carboxylic acid groups (broad SMARTS) is 2. The van der Waals surface area contributed by atoms with Gasteiger partial charge in [0.05, 0.1) is 15.5 Å². The van der Waals surface area contributed by atoms with Gasteiger partial charge in [-0.05, 0) is 61.7 Å². The Hall–Kier alpha value is -4.48. The third-order valence-corrected chi connectivity index (χ3v) is 8.31. The summed E-state index contributed by atoms with van der Waals surface area (Å²) in [5.41, 5.74) is 14.1. The predicted molar refractivity (Wildman–Crippen MR) is 154 cm³/mol. The zero-order valence-corrected chi connectivity index (χ0v) is 24.5. The third kappa shape index (κ3) is 10.1. The lowest BCUT2D eigenvalue weighted by atomic mass is 10.1. The van der Waals surface area contributed by atoms with Crippen LogP contribution in [-0.2, 0) is 19.6 Å². The van der Waals surface area contributed by atoms with E-state index in [2.05, 4.69) is 15.0 Å². The Morgan fingerprint density at radius 3 is 2.09 bits per heavy atom. The molecule has 0 aliphatic carbocycles. The first-order valence-corrected chi connectivity index (χ1v) is 14.3. The number of aliphatic imine (C=N–C) groups is 1. The number of guanidine groups is 1. The number of alkyl halides is 3. The topological polar surface area (TPSA) is 214 Å². The number of amides is 1. The van der Waals surface area contributed by atoms with Crippen molar-refractivity contribution >= 4 is 50.9 Å². The van der Waals surface area contributed by atoms with E-state index in [1.54, 1.807) is 56.3 Å². The molecule has 1 heterocycles. The second-order valence-corrected chi connectivity index (χ2v) is 11.7. The summed E-state index contributed by atoms with van der Waals surface area (Å²) < 4.78 is 59.9. The maximum absolute atomic E-state index is 13.0. The fraction of sp³-hybridized carbons (Fsp3) is 0.231. The van der Waals surface area contributed by atoms with Crippen LogP contribution in [0.1, 0.15) is 26.4 Å². The summed E-state index contributed by atoms with van der Waals surface area (Å²) in [6, 6.07) is 12.3. The standard InChI is InChI=1S/C24H27N5O5S2.C2HF3O2/c1-13-9-14(2)21(15(3)10-13)36(33,34)29-18(23(31)32)12-27-22(30)20-8-7-19(35-20)16-5-4-6-17(11-16)28-24(25)26;3-2(4,5)1(6)7/h4-11,18,29H,12H2,1-3H3,(H,27,30)(H,31,32)(H4,25,26,28);(H,6,7)/t18-;/m0./s1. The van der Waals surface area contributed by atoms with Crippen LogP contribution in [0.25, 0.3) is 10.4 Å². The van der Waals surface area contributed by atoms with Crippen LogP contribution in [0.3, 0.4) is 0 Å². The molecule has 3 aromatic rings. The average molecular weight is 644 g/mol.